The molecule has 0 spiro atoms. The lowest BCUT2D eigenvalue weighted by atomic mass is 10.1. The number of nitrogen functional groups attached to an aromatic ring is 1. The Balaban J connectivity index is 1.69. The summed E-state index contributed by atoms with van der Waals surface area (Å²) >= 11 is 1.72. The normalized spacial score (nSPS) is 10.7. The molecule has 3 nitrogen and oxygen atoms in total. The number of benzene rings is 2. The van der Waals surface area contributed by atoms with Gasteiger partial charge in [0.1, 0.15) is 11.5 Å². The van der Waals surface area contributed by atoms with Gasteiger partial charge in [0.05, 0.1) is 5.75 Å². The van der Waals surface area contributed by atoms with E-state index in [0.717, 1.165) is 34.0 Å². The quantitative estimate of drug-likeness (QED) is 0.568. The second-order valence-electron chi connectivity index (χ2n) is 4.85. The maximum absolute atomic E-state index is 5.83. The first-order valence-electron chi connectivity index (χ1n) is 6.72. The van der Waals surface area contributed by atoms with E-state index in [1.165, 1.54) is 4.90 Å². The number of nitrogens with two attached hydrogens (primary N) is 1. The van der Waals surface area contributed by atoms with Gasteiger partial charge in [-0.2, -0.15) is 0 Å². The number of thioether (sulfide) groups is 1. The van der Waals surface area contributed by atoms with E-state index in [4.69, 9.17) is 10.3 Å². The molecule has 1 aromatic heterocycles. The maximum Gasteiger partial charge on any atom is 0.147 e. The first kappa shape index (κ1) is 13.8. The van der Waals surface area contributed by atoms with Crippen LogP contribution < -0.4 is 5.73 Å². The Morgan fingerprint density at radius 1 is 1.10 bits per heavy atom. The Kier molecular flexibility index (Phi) is 3.97. The fourth-order valence-electron chi connectivity index (χ4n) is 2.02. The average molecular weight is 296 g/mol. The summed E-state index contributed by atoms with van der Waals surface area (Å²) in [6, 6.07) is 18.1. The van der Waals surface area contributed by atoms with E-state index < -0.39 is 0 Å². The fraction of sp³-hybridized carbons (Fsp3) is 0.118. The summed E-state index contributed by atoms with van der Waals surface area (Å²) in [5.74, 6) is 1.62. The number of anilines is 1. The molecule has 106 valence electrons. The highest BCUT2D eigenvalue weighted by molar-refractivity contribution is 7.98. The smallest absolute Gasteiger partial charge is 0.147 e. The van der Waals surface area contributed by atoms with Crippen molar-refractivity contribution >= 4 is 17.4 Å². The molecule has 0 radical (unpaired) electrons. The van der Waals surface area contributed by atoms with Crippen LogP contribution in [0.5, 0.6) is 0 Å². The van der Waals surface area contributed by atoms with Gasteiger partial charge in [-0.25, -0.2) is 0 Å². The van der Waals surface area contributed by atoms with Gasteiger partial charge in [0, 0.05) is 22.2 Å². The van der Waals surface area contributed by atoms with Gasteiger partial charge >= 0.3 is 0 Å². The summed E-state index contributed by atoms with van der Waals surface area (Å²) in [6.07, 6.45) is 0. The zero-order chi connectivity index (χ0) is 14.7. The number of aryl methyl sites for hydroxylation is 1. The summed E-state index contributed by atoms with van der Waals surface area (Å²) in [7, 11) is 0. The lowest BCUT2D eigenvalue weighted by molar-refractivity contribution is 0.397. The molecular formula is C17H16N2OS. The van der Waals surface area contributed by atoms with Crippen molar-refractivity contribution in [3.05, 3.63) is 65.9 Å². The van der Waals surface area contributed by atoms with E-state index in [-0.39, 0.29) is 0 Å². The number of rotatable bonds is 4. The number of hydrogen-bond acceptors (Lipinski definition) is 4. The van der Waals surface area contributed by atoms with Crippen molar-refractivity contribution in [2.24, 2.45) is 0 Å². The standard InChI is InChI=1S/C17H16N2OS/c1-12-9-15(7-8-16(12)18)21-11-14-10-17(19-20-14)13-5-3-2-4-6-13/h2-10H,11,18H2,1H3. The third-order valence-corrected chi connectivity index (χ3v) is 4.27. The van der Waals surface area contributed by atoms with E-state index in [1.807, 2.05) is 55.5 Å². The number of hydrogen-bond donors (Lipinski definition) is 1. The van der Waals surface area contributed by atoms with E-state index in [2.05, 4.69) is 11.2 Å². The molecule has 2 N–H and O–H groups in total. The van der Waals surface area contributed by atoms with Gasteiger partial charge in [-0.15, -0.1) is 11.8 Å². The highest BCUT2D eigenvalue weighted by atomic mass is 32.2. The zero-order valence-corrected chi connectivity index (χ0v) is 12.6. The molecule has 0 saturated heterocycles. The minimum Gasteiger partial charge on any atom is -0.399 e. The fourth-order valence-corrected chi connectivity index (χ4v) is 2.89. The summed E-state index contributed by atoms with van der Waals surface area (Å²) in [6.45, 7) is 2.02. The topological polar surface area (TPSA) is 52.0 Å². The van der Waals surface area contributed by atoms with Crippen LogP contribution >= 0.6 is 11.8 Å². The summed E-state index contributed by atoms with van der Waals surface area (Å²) in [4.78, 5) is 1.18. The van der Waals surface area contributed by atoms with Crippen molar-refractivity contribution < 1.29 is 4.52 Å². The van der Waals surface area contributed by atoms with Crippen LogP contribution in [-0.2, 0) is 5.75 Å². The minimum absolute atomic E-state index is 0.753. The monoisotopic (exact) mass is 296 g/mol. The van der Waals surface area contributed by atoms with Gasteiger partial charge in [0.25, 0.3) is 0 Å². The highest BCUT2D eigenvalue weighted by Gasteiger charge is 2.07. The highest BCUT2D eigenvalue weighted by Crippen LogP contribution is 2.27. The van der Waals surface area contributed by atoms with Crippen LogP contribution in [0.4, 0.5) is 5.69 Å². The molecule has 21 heavy (non-hydrogen) atoms. The Morgan fingerprint density at radius 3 is 2.67 bits per heavy atom. The van der Waals surface area contributed by atoms with Crippen molar-refractivity contribution in [2.75, 3.05) is 5.73 Å². The Morgan fingerprint density at radius 2 is 1.90 bits per heavy atom. The molecule has 3 aromatic rings. The van der Waals surface area contributed by atoms with E-state index in [0.29, 0.717) is 0 Å². The Hall–Kier alpha value is -2.20. The van der Waals surface area contributed by atoms with E-state index in [1.54, 1.807) is 11.8 Å². The van der Waals surface area contributed by atoms with Crippen LogP contribution in [0.1, 0.15) is 11.3 Å². The lowest BCUT2D eigenvalue weighted by Crippen LogP contribution is -1.88. The van der Waals surface area contributed by atoms with Crippen LogP contribution in [0.3, 0.4) is 0 Å². The predicted octanol–water partition coefficient (Wildman–Crippen LogP) is 4.52. The molecule has 0 saturated carbocycles. The maximum atomic E-state index is 5.83. The number of aromatic nitrogens is 1. The van der Waals surface area contributed by atoms with Crippen LogP contribution in [0.25, 0.3) is 11.3 Å². The summed E-state index contributed by atoms with van der Waals surface area (Å²) in [5, 5.41) is 4.12. The summed E-state index contributed by atoms with van der Waals surface area (Å²) < 4.78 is 5.40. The van der Waals surface area contributed by atoms with Crippen molar-refractivity contribution in [1.82, 2.24) is 5.16 Å². The molecule has 0 atom stereocenters. The minimum atomic E-state index is 0.753. The first-order chi connectivity index (χ1) is 10.2. The van der Waals surface area contributed by atoms with Crippen LogP contribution in [0, 0.1) is 6.92 Å². The van der Waals surface area contributed by atoms with Gasteiger partial charge in [-0.1, -0.05) is 35.5 Å². The molecular weight excluding hydrogens is 280 g/mol. The van der Waals surface area contributed by atoms with Gasteiger partial charge in [-0.3, -0.25) is 0 Å². The summed E-state index contributed by atoms with van der Waals surface area (Å²) in [5.41, 5.74) is 9.69. The van der Waals surface area contributed by atoms with Crippen LogP contribution in [-0.4, -0.2) is 5.16 Å². The molecule has 4 heteroatoms. The van der Waals surface area contributed by atoms with Gasteiger partial charge in [-0.05, 0) is 30.7 Å². The molecule has 1 heterocycles. The largest absolute Gasteiger partial charge is 0.399 e. The molecule has 0 bridgehead atoms. The second kappa shape index (κ2) is 6.06. The van der Waals surface area contributed by atoms with Gasteiger partial charge in [0.2, 0.25) is 0 Å². The second-order valence-corrected chi connectivity index (χ2v) is 5.90. The lowest BCUT2D eigenvalue weighted by Gasteiger charge is -2.03. The number of nitrogens with zero attached hydrogens (tertiary/aromatic N) is 1. The van der Waals surface area contributed by atoms with Crippen LogP contribution in [0.15, 0.2) is 64.0 Å². The Labute approximate surface area is 128 Å². The molecule has 0 fully saturated rings. The predicted molar refractivity (Wildman–Crippen MR) is 87.1 cm³/mol. The average Bonchev–Trinajstić information content (AvgIpc) is 2.98. The third kappa shape index (κ3) is 3.28. The third-order valence-electron chi connectivity index (χ3n) is 3.25. The van der Waals surface area contributed by atoms with Gasteiger partial charge < -0.3 is 10.3 Å². The van der Waals surface area contributed by atoms with E-state index in [9.17, 15) is 0 Å². The molecule has 0 aliphatic rings. The molecule has 0 aliphatic heterocycles. The first-order valence-corrected chi connectivity index (χ1v) is 7.71. The van der Waals surface area contributed by atoms with Crippen molar-refractivity contribution in [1.29, 1.82) is 0 Å². The molecule has 0 amide bonds. The molecule has 2 aromatic carbocycles. The molecule has 0 unspecified atom stereocenters. The SMILES string of the molecule is Cc1cc(SCc2cc(-c3ccccc3)no2)ccc1N. The zero-order valence-electron chi connectivity index (χ0n) is 11.7. The van der Waals surface area contributed by atoms with Crippen molar-refractivity contribution in [2.45, 2.75) is 17.6 Å². The van der Waals surface area contributed by atoms with E-state index >= 15 is 0 Å². The van der Waals surface area contributed by atoms with Crippen molar-refractivity contribution in [3.63, 3.8) is 0 Å². The van der Waals surface area contributed by atoms with Crippen LogP contribution in [0.2, 0.25) is 0 Å². The Bertz CT molecular complexity index is 738. The molecule has 3 rings (SSSR count). The van der Waals surface area contributed by atoms with Gasteiger partial charge in [0.15, 0.2) is 0 Å². The van der Waals surface area contributed by atoms with Crippen molar-refractivity contribution in [3.8, 4) is 11.3 Å². The molecule has 0 aliphatic carbocycles.